The largest absolute Gasteiger partial charge is 0.508 e. The van der Waals surface area contributed by atoms with E-state index in [0.717, 1.165) is 11.1 Å². The van der Waals surface area contributed by atoms with Crippen molar-refractivity contribution in [1.82, 2.24) is 10.2 Å². The number of aryl methyl sites for hydroxylation is 2. The lowest BCUT2D eigenvalue weighted by atomic mass is 9.95. The molecule has 3 atom stereocenters. The molecular formula is C29H41N3O6. The molecule has 0 aliphatic rings. The van der Waals surface area contributed by atoms with E-state index in [1.165, 1.54) is 17.0 Å². The van der Waals surface area contributed by atoms with Gasteiger partial charge in [-0.15, -0.1) is 0 Å². The summed E-state index contributed by atoms with van der Waals surface area (Å²) in [6.45, 7) is 12.0. The molecule has 2 aromatic rings. The summed E-state index contributed by atoms with van der Waals surface area (Å²) in [4.78, 5) is 41.8. The molecule has 38 heavy (non-hydrogen) atoms. The summed E-state index contributed by atoms with van der Waals surface area (Å²) in [5.41, 5.74) is 1.89. The number of para-hydroxylation sites is 1. The summed E-state index contributed by atoms with van der Waals surface area (Å²) in [6, 6.07) is 9.48. The molecule has 0 saturated heterocycles. The third-order valence-corrected chi connectivity index (χ3v) is 6.25. The molecule has 3 amide bonds. The van der Waals surface area contributed by atoms with E-state index in [0.29, 0.717) is 17.7 Å². The number of anilines is 1. The Morgan fingerprint density at radius 3 is 2.18 bits per heavy atom. The maximum absolute atomic E-state index is 14.0. The minimum Gasteiger partial charge on any atom is -0.508 e. The van der Waals surface area contributed by atoms with E-state index >= 15 is 0 Å². The number of hydrogen-bond acceptors (Lipinski definition) is 6. The fourth-order valence-electron chi connectivity index (χ4n) is 4.14. The molecule has 2 rings (SSSR count). The van der Waals surface area contributed by atoms with Gasteiger partial charge in [-0.25, -0.2) is 4.79 Å². The van der Waals surface area contributed by atoms with Crippen LogP contribution in [0.4, 0.5) is 10.5 Å². The van der Waals surface area contributed by atoms with Crippen LogP contribution in [0.1, 0.15) is 63.8 Å². The Balaban J connectivity index is 2.56. The summed E-state index contributed by atoms with van der Waals surface area (Å²) in [7, 11) is 0. The van der Waals surface area contributed by atoms with E-state index in [4.69, 9.17) is 4.74 Å². The number of phenolic OH excluding ortho intramolecular Hbond substituents is 1. The van der Waals surface area contributed by atoms with Crippen molar-refractivity contribution in [2.75, 3.05) is 18.5 Å². The van der Waals surface area contributed by atoms with Gasteiger partial charge in [0.05, 0.1) is 6.61 Å². The second-order valence-electron chi connectivity index (χ2n) is 10.5. The Kier molecular flexibility index (Phi) is 10.7. The zero-order valence-corrected chi connectivity index (χ0v) is 23.4. The van der Waals surface area contributed by atoms with Crippen LogP contribution in [0.3, 0.4) is 0 Å². The summed E-state index contributed by atoms with van der Waals surface area (Å²) in [5, 5.41) is 25.7. The fourth-order valence-corrected chi connectivity index (χ4v) is 4.14. The van der Waals surface area contributed by atoms with Gasteiger partial charge in [-0.3, -0.25) is 9.59 Å². The SMILES string of the molecule is CCC(C)C(NC(=O)OC(C)(C)C)C(=O)N(CCO)C(C(=O)Nc1c(C)cccc1C)c1cccc(O)c1. The van der Waals surface area contributed by atoms with Gasteiger partial charge in [-0.1, -0.05) is 50.6 Å². The van der Waals surface area contributed by atoms with Crippen molar-refractivity contribution in [2.45, 2.75) is 72.6 Å². The first-order chi connectivity index (χ1) is 17.8. The van der Waals surface area contributed by atoms with Gasteiger partial charge in [0.2, 0.25) is 5.91 Å². The molecule has 0 aliphatic carbocycles. The number of carbonyl (C=O) groups is 3. The zero-order valence-electron chi connectivity index (χ0n) is 23.4. The maximum Gasteiger partial charge on any atom is 0.408 e. The summed E-state index contributed by atoms with van der Waals surface area (Å²) in [6.07, 6.45) is -0.195. The quantitative estimate of drug-likeness (QED) is 0.361. The number of rotatable bonds is 10. The van der Waals surface area contributed by atoms with E-state index in [1.807, 2.05) is 45.9 Å². The molecule has 0 heterocycles. The highest BCUT2D eigenvalue weighted by atomic mass is 16.6. The summed E-state index contributed by atoms with van der Waals surface area (Å²) in [5.74, 6) is -1.45. The monoisotopic (exact) mass is 527 g/mol. The van der Waals surface area contributed by atoms with Crippen LogP contribution >= 0.6 is 0 Å². The number of carbonyl (C=O) groups excluding carboxylic acids is 3. The maximum atomic E-state index is 14.0. The van der Waals surface area contributed by atoms with E-state index in [-0.39, 0.29) is 18.2 Å². The molecule has 9 heteroatoms. The van der Waals surface area contributed by atoms with Crippen LogP contribution in [0, 0.1) is 19.8 Å². The second-order valence-corrected chi connectivity index (χ2v) is 10.5. The van der Waals surface area contributed by atoms with Crippen LogP contribution < -0.4 is 10.6 Å². The zero-order chi connectivity index (χ0) is 28.6. The molecule has 9 nitrogen and oxygen atoms in total. The number of ether oxygens (including phenoxy) is 1. The third-order valence-electron chi connectivity index (χ3n) is 6.25. The third kappa shape index (κ3) is 8.21. The van der Waals surface area contributed by atoms with Gasteiger partial charge in [0.1, 0.15) is 23.4 Å². The normalized spacial score (nSPS) is 13.7. The molecule has 0 aromatic heterocycles. The van der Waals surface area contributed by atoms with Crippen molar-refractivity contribution in [2.24, 2.45) is 5.92 Å². The number of nitrogens with one attached hydrogen (secondary N) is 2. The number of aliphatic hydroxyl groups is 1. The topological polar surface area (TPSA) is 128 Å². The highest BCUT2D eigenvalue weighted by Crippen LogP contribution is 2.29. The van der Waals surface area contributed by atoms with Crippen LogP contribution in [0.5, 0.6) is 5.75 Å². The van der Waals surface area contributed by atoms with Crippen LogP contribution in [-0.2, 0) is 14.3 Å². The molecular weight excluding hydrogens is 486 g/mol. The lowest BCUT2D eigenvalue weighted by Gasteiger charge is -2.36. The van der Waals surface area contributed by atoms with Gasteiger partial charge in [0, 0.05) is 12.2 Å². The average Bonchev–Trinajstić information content (AvgIpc) is 2.82. The molecule has 0 radical (unpaired) electrons. The molecule has 0 bridgehead atoms. The van der Waals surface area contributed by atoms with Crippen LogP contribution in [-0.4, -0.2) is 57.8 Å². The Hall–Kier alpha value is -3.59. The lowest BCUT2D eigenvalue weighted by molar-refractivity contribution is -0.142. The highest BCUT2D eigenvalue weighted by Gasteiger charge is 2.38. The number of alkyl carbamates (subject to hydrolysis) is 1. The number of phenols is 1. The van der Waals surface area contributed by atoms with E-state index in [2.05, 4.69) is 10.6 Å². The van der Waals surface area contributed by atoms with E-state index < -0.39 is 42.2 Å². The predicted octanol–water partition coefficient (Wildman–Crippen LogP) is 4.45. The number of aliphatic hydroxyl groups excluding tert-OH is 1. The van der Waals surface area contributed by atoms with Gasteiger partial charge in [0.15, 0.2) is 0 Å². The molecule has 0 fully saturated rings. The Labute approximate surface area is 225 Å². The van der Waals surface area contributed by atoms with Gasteiger partial charge in [-0.2, -0.15) is 0 Å². The highest BCUT2D eigenvalue weighted by molar-refractivity contribution is 6.00. The van der Waals surface area contributed by atoms with Crippen molar-refractivity contribution in [3.63, 3.8) is 0 Å². The molecule has 0 spiro atoms. The van der Waals surface area contributed by atoms with Crippen LogP contribution in [0.15, 0.2) is 42.5 Å². The first-order valence-corrected chi connectivity index (χ1v) is 12.9. The number of amides is 3. The van der Waals surface area contributed by atoms with Crippen molar-refractivity contribution < 1.29 is 29.3 Å². The van der Waals surface area contributed by atoms with Gasteiger partial charge >= 0.3 is 6.09 Å². The number of nitrogens with zero attached hydrogens (tertiary/aromatic N) is 1. The Bertz CT molecular complexity index is 1110. The summed E-state index contributed by atoms with van der Waals surface area (Å²) >= 11 is 0. The molecule has 3 unspecified atom stereocenters. The summed E-state index contributed by atoms with van der Waals surface area (Å²) < 4.78 is 5.38. The Morgan fingerprint density at radius 2 is 1.66 bits per heavy atom. The minimum atomic E-state index is -1.20. The number of aromatic hydroxyl groups is 1. The van der Waals surface area contributed by atoms with Crippen molar-refractivity contribution in [3.8, 4) is 5.75 Å². The Morgan fingerprint density at radius 1 is 1.05 bits per heavy atom. The molecule has 0 saturated carbocycles. The number of hydrogen-bond donors (Lipinski definition) is 4. The van der Waals surface area contributed by atoms with Crippen molar-refractivity contribution >= 4 is 23.6 Å². The minimum absolute atomic E-state index is 0.0749. The standard InChI is InChI=1S/C29H41N3O6/c1-8-18(2)24(31-28(37)38-29(5,6)7)27(36)32(15-16-33)25(21-13-10-14-22(34)17-21)26(35)30-23-19(3)11-9-12-20(23)4/h9-14,17-18,24-25,33-34H,8,15-16H2,1-7H3,(H,30,35)(H,31,37). The first-order valence-electron chi connectivity index (χ1n) is 12.9. The second kappa shape index (κ2) is 13.3. The molecule has 0 aliphatic heterocycles. The van der Waals surface area contributed by atoms with E-state index in [1.54, 1.807) is 32.9 Å². The van der Waals surface area contributed by atoms with Crippen LogP contribution in [0.25, 0.3) is 0 Å². The lowest BCUT2D eigenvalue weighted by Crippen LogP contribution is -2.55. The average molecular weight is 528 g/mol. The van der Waals surface area contributed by atoms with Crippen molar-refractivity contribution in [3.05, 3.63) is 59.2 Å². The predicted molar refractivity (Wildman–Crippen MR) is 147 cm³/mol. The first kappa shape index (κ1) is 30.6. The molecule has 208 valence electrons. The number of benzene rings is 2. The molecule has 2 aromatic carbocycles. The smallest absolute Gasteiger partial charge is 0.408 e. The molecule has 4 N–H and O–H groups in total. The van der Waals surface area contributed by atoms with Crippen molar-refractivity contribution in [1.29, 1.82) is 0 Å². The van der Waals surface area contributed by atoms with Gasteiger partial charge in [0.25, 0.3) is 5.91 Å². The van der Waals surface area contributed by atoms with Gasteiger partial charge < -0.3 is 30.5 Å². The fraction of sp³-hybridized carbons (Fsp3) is 0.483. The van der Waals surface area contributed by atoms with Crippen LogP contribution in [0.2, 0.25) is 0 Å². The van der Waals surface area contributed by atoms with E-state index in [9.17, 15) is 24.6 Å². The van der Waals surface area contributed by atoms with Gasteiger partial charge in [-0.05, 0) is 69.4 Å².